The second kappa shape index (κ2) is 6.63. The number of allylic oxidation sites excluding steroid dienone is 3. The molecule has 0 unspecified atom stereocenters. The lowest BCUT2D eigenvalue weighted by molar-refractivity contribution is 0.395. The molecule has 1 aliphatic carbocycles. The fourth-order valence-corrected chi connectivity index (χ4v) is 2.46. The van der Waals surface area contributed by atoms with Gasteiger partial charge in [-0.25, -0.2) is 0 Å². The summed E-state index contributed by atoms with van der Waals surface area (Å²) >= 11 is 10.7. The normalized spacial score (nSPS) is 13.7. The first-order valence-corrected chi connectivity index (χ1v) is 6.90. The second-order valence-corrected chi connectivity index (χ2v) is 5.09. The third-order valence-corrected chi connectivity index (χ3v) is 3.57. The fourth-order valence-electron chi connectivity index (χ4n) is 1.82. The van der Waals surface area contributed by atoms with Gasteiger partial charge in [0.05, 0.1) is 14.2 Å². The van der Waals surface area contributed by atoms with Crippen molar-refractivity contribution in [3.05, 3.63) is 42.0 Å². The van der Waals surface area contributed by atoms with E-state index in [0.717, 1.165) is 22.5 Å². The lowest BCUT2D eigenvalue weighted by atomic mass is 10.0. The van der Waals surface area contributed by atoms with Crippen LogP contribution >= 0.6 is 24.4 Å². The summed E-state index contributed by atoms with van der Waals surface area (Å²) < 4.78 is 10.5. The van der Waals surface area contributed by atoms with Crippen molar-refractivity contribution in [2.24, 2.45) is 0 Å². The number of anilines is 1. The van der Waals surface area contributed by atoms with Crippen LogP contribution in [0.3, 0.4) is 0 Å². The van der Waals surface area contributed by atoms with Crippen LogP contribution in [0.15, 0.2) is 42.0 Å². The molecule has 0 amide bonds. The molecule has 0 spiro atoms. The van der Waals surface area contributed by atoms with Crippen molar-refractivity contribution < 1.29 is 9.47 Å². The highest BCUT2D eigenvalue weighted by molar-refractivity contribution is 7.83. The van der Waals surface area contributed by atoms with E-state index in [1.54, 1.807) is 14.2 Å². The first kappa shape index (κ1) is 14.7. The van der Waals surface area contributed by atoms with Crippen LogP contribution in [-0.2, 0) is 0 Å². The monoisotopic (exact) mass is 305 g/mol. The minimum Gasteiger partial charge on any atom is -0.497 e. The van der Waals surface area contributed by atoms with E-state index >= 15 is 0 Å². The molecule has 0 saturated carbocycles. The van der Waals surface area contributed by atoms with E-state index in [1.807, 2.05) is 36.4 Å². The summed E-state index contributed by atoms with van der Waals surface area (Å²) in [7, 11) is 3.22. The molecule has 1 aliphatic rings. The number of benzene rings is 1. The Kier molecular flexibility index (Phi) is 4.87. The number of methoxy groups -OCH3 is 2. The van der Waals surface area contributed by atoms with Crippen LogP contribution in [0.1, 0.15) is 6.42 Å². The van der Waals surface area contributed by atoms with Gasteiger partial charge < -0.3 is 14.8 Å². The third kappa shape index (κ3) is 3.43. The van der Waals surface area contributed by atoms with Gasteiger partial charge >= 0.3 is 0 Å². The van der Waals surface area contributed by atoms with Crippen molar-refractivity contribution in [2.75, 3.05) is 19.5 Å². The van der Waals surface area contributed by atoms with E-state index in [9.17, 15) is 0 Å². The molecule has 0 heterocycles. The molecule has 0 radical (unpaired) electrons. The molecule has 0 saturated heterocycles. The fraction of sp³-hybridized carbons (Fsp3) is 0.200. The average Bonchev–Trinajstić information content (AvgIpc) is 2.47. The van der Waals surface area contributed by atoms with Crippen molar-refractivity contribution in [2.45, 2.75) is 6.42 Å². The topological polar surface area (TPSA) is 30.5 Å². The lowest BCUT2D eigenvalue weighted by Crippen LogP contribution is -2.18. The van der Waals surface area contributed by atoms with Gasteiger partial charge in [-0.3, -0.25) is 0 Å². The predicted molar refractivity (Wildman–Crippen MR) is 90.2 cm³/mol. The Hall–Kier alpha value is -1.72. The molecule has 5 heteroatoms. The molecule has 2 rings (SSSR count). The van der Waals surface area contributed by atoms with E-state index < -0.39 is 0 Å². The van der Waals surface area contributed by atoms with Gasteiger partial charge in [0.15, 0.2) is 0 Å². The zero-order valence-corrected chi connectivity index (χ0v) is 12.9. The van der Waals surface area contributed by atoms with Gasteiger partial charge in [-0.15, -0.1) is 0 Å². The smallest absolute Gasteiger partial charge is 0.124 e. The Morgan fingerprint density at radius 1 is 1.15 bits per heavy atom. The maximum atomic E-state index is 5.41. The highest BCUT2D eigenvalue weighted by Crippen LogP contribution is 2.26. The van der Waals surface area contributed by atoms with Crippen molar-refractivity contribution >= 4 is 40.0 Å². The summed E-state index contributed by atoms with van der Waals surface area (Å²) in [5, 5.41) is 3.17. The molecule has 20 heavy (non-hydrogen) atoms. The first-order valence-electron chi connectivity index (χ1n) is 6.08. The number of hydrogen-bond donors (Lipinski definition) is 1. The maximum Gasteiger partial charge on any atom is 0.124 e. The Morgan fingerprint density at radius 2 is 1.80 bits per heavy atom. The molecule has 0 aliphatic heterocycles. The zero-order chi connectivity index (χ0) is 14.5. The number of hydrogen-bond acceptors (Lipinski definition) is 4. The molecule has 1 aromatic carbocycles. The Balaban J connectivity index is 2.21. The van der Waals surface area contributed by atoms with E-state index in [2.05, 4.69) is 5.32 Å². The molecule has 104 valence electrons. The molecule has 1 aromatic rings. The largest absolute Gasteiger partial charge is 0.497 e. The van der Waals surface area contributed by atoms with Gasteiger partial charge in [0.1, 0.15) is 16.5 Å². The second-order valence-electron chi connectivity index (χ2n) is 4.19. The molecule has 3 nitrogen and oxygen atoms in total. The van der Waals surface area contributed by atoms with Crippen molar-refractivity contribution in [1.29, 1.82) is 0 Å². The lowest BCUT2D eigenvalue weighted by Gasteiger charge is -2.15. The Bertz CT molecular complexity index is 584. The Morgan fingerprint density at radius 3 is 2.35 bits per heavy atom. The van der Waals surface area contributed by atoms with Crippen LogP contribution in [0.4, 0.5) is 5.69 Å². The third-order valence-electron chi connectivity index (χ3n) is 2.86. The highest BCUT2D eigenvalue weighted by atomic mass is 32.1. The van der Waals surface area contributed by atoms with Crippen molar-refractivity contribution in [1.82, 2.24) is 0 Å². The highest BCUT2D eigenvalue weighted by Gasteiger charge is 2.12. The van der Waals surface area contributed by atoms with Gasteiger partial charge in [0, 0.05) is 40.7 Å². The first-order chi connectivity index (χ1) is 9.63. The molecule has 0 aromatic heterocycles. The minimum absolute atomic E-state index is 0.606. The molecular weight excluding hydrogens is 290 g/mol. The van der Waals surface area contributed by atoms with Crippen LogP contribution in [0, 0.1) is 0 Å². The summed E-state index contributed by atoms with van der Waals surface area (Å²) in [6, 6.07) is 5.52. The van der Waals surface area contributed by atoms with E-state index in [1.165, 1.54) is 0 Å². The molecule has 0 atom stereocenters. The zero-order valence-electron chi connectivity index (χ0n) is 11.3. The van der Waals surface area contributed by atoms with Gasteiger partial charge in [-0.05, 0) is 0 Å². The van der Waals surface area contributed by atoms with E-state index in [-0.39, 0.29) is 0 Å². The molecule has 1 N–H and O–H groups in total. The minimum atomic E-state index is 0.606. The molecular formula is C15H15NO2S2. The van der Waals surface area contributed by atoms with Gasteiger partial charge in [0.2, 0.25) is 0 Å². The number of thiocarbonyl (C=S) groups is 2. The summed E-state index contributed by atoms with van der Waals surface area (Å²) in [4.78, 5) is 1.45. The van der Waals surface area contributed by atoms with E-state index in [0.29, 0.717) is 16.5 Å². The SMILES string of the molecule is COc1cc(NC(=S)C2=CC=CCC2=S)cc(OC)c1. The van der Waals surface area contributed by atoms with Gasteiger partial charge in [0.25, 0.3) is 0 Å². The standard InChI is InChI=1S/C15H15NO2S2/c1-17-11-7-10(8-12(9-11)18-2)16-15(20)13-5-3-4-6-14(13)19/h3-5,7-9H,6H2,1-2H3,(H,16,20). The number of rotatable bonds is 4. The van der Waals surface area contributed by atoms with Crippen LogP contribution in [-0.4, -0.2) is 24.1 Å². The summed E-state index contributed by atoms with van der Waals surface area (Å²) in [5.41, 5.74) is 1.70. The van der Waals surface area contributed by atoms with Crippen LogP contribution in [0.5, 0.6) is 11.5 Å². The average molecular weight is 305 g/mol. The molecule has 0 bridgehead atoms. The summed E-state index contributed by atoms with van der Waals surface area (Å²) in [6.07, 6.45) is 6.66. The summed E-state index contributed by atoms with van der Waals surface area (Å²) in [6.45, 7) is 0. The Labute approximate surface area is 129 Å². The number of ether oxygens (including phenoxy) is 2. The molecule has 0 fully saturated rings. The quantitative estimate of drug-likeness (QED) is 0.857. The number of nitrogens with one attached hydrogen (secondary N) is 1. The van der Waals surface area contributed by atoms with Gasteiger partial charge in [-0.1, -0.05) is 42.7 Å². The van der Waals surface area contributed by atoms with Gasteiger partial charge in [-0.2, -0.15) is 0 Å². The maximum absolute atomic E-state index is 5.41. The van der Waals surface area contributed by atoms with Crippen molar-refractivity contribution in [3.8, 4) is 11.5 Å². The van der Waals surface area contributed by atoms with Crippen LogP contribution in [0.2, 0.25) is 0 Å². The predicted octanol–water partition coefficient (Wildman–Crippen LogP) is 3.70. The van der Waals surface area contributed by atoms with Crippen LogP contribution < -0.4 is 14.8 Å². The van der Waals surface area contributed by atoms with Crippen molar-refractivity contribution in [3.63, 3.8) is 0 Å². The summed E-state index contributed by atoms with van der Waals surface area (Å²) in [5.74, 6) is 1.41. The van der Waals surface area contributed by atoms with E-state index in [4.69, 9.17) is 33.9 Å². The van der Waals surface area contributed by atoms with Crippen LogP contribution in [0.25, 0.3) is 0 Å².